The first-order valence-corrected chi connectivity index (χ1v) is 20.6. The van der Waals surface area contributed by atoms with Crippen molar-refractivity contribution in [2.24, 2.45) is 0 Å². The second kappa shape index (κ2) is 19.0. The quantitative estimate of drug-likeness (QED) is 0.0655. The number of piperidine rings is 1. The van der Waals surface area contributed by atoms with Crippen molar-refractivity contribution in [1.82, 2.24) is 19.9 Å². The highest BCUT2D eigenvalue weighted by molar-refractivity contribution is 8.00. The summed E-state index contributed by atoms with van der Waals surface area (Å²) in [6.45, 7) is 4.56. The summed E-state index contributed by atoms with van der Waals surface area (Å²) >= 11 is 18.5. The molecule has 2 aliphatic heterocycles. The second-order valence-electron chi connectivity index (χ2n) is 14.9. The summed E-state index contributed by atoms with van der Waals surface area (Å²) in [5.41, 5.74) is -7.50. The van der Waals surface area contributed by atoms with Crippen molar-refractivity contribution in [2.45, 2.75) is 104 Å². The smallest absolute Gasteiger partial charge is 0.416 e. The average molecular weight is 964 g/mol. The minimum absolute atomic E-state index is 0.257. The Morgan fingerprint density at radius 1 is 0.952 bits per heavy atom. The standard InChI is InChI=1S/C38H39Cl3F6N4O10S/c1-18(52)57-17-27-30(58-19(2)53)29(51-16-26(48-49-51)21-14-24(42)28(44)25(43)15-21)31(59-20(3)54)33(60-27)62-32(22-8-6-7-9-23(22)37(45,46)47)36(56)10-12-50(13-11-36)34(55)61-35(4,5)38(39,40)41/h6-9,14-16,27,29-33,56H,10-13,17H2,1-5H3/t27-,29+,30+,31-,32-,33+/m1/s1. The summed E-state index contributed by atoms with van der Waals surface area (Å²) in [4.78, 5) is 51.9. The zero-order valence-corrected chi connectivity index (χ0v) is 36.3. The van der Waals surface area contributed by atoms with Crippen LogP contribution in [0.25, 0.3) is 11.3 Å². The lowest BCUT2D eigenvalue weighted by Crippen LogP contribution is -2.58. The average Bonchev–Trinajstić information content (AvgIpc) is 3.64. The van der Waals surface area contributed by atoms with Gasteiger partial charge in [0.2, 0.25) is 3.79 Å². The second-order valence-corrected chi connectivity index (χ2v) is 18.4. The number of thioether (sulfide) groups is 1. The number of rotatable bonds is 11. The highest BCUT2D eigenvalue weighted by Crippen LogP contribution is 2.53. The molecule has 2 aliphatic rings. The minimum atomic E-state index is -4.97. The van der Waals surface area contributed by atoms with Gasteiger partial charge < -0.3 is 33.7 Å². The normalized spacial score (nSPS) is 22.4. The molecule has 2 aromatic carbocycles. The van der Waals surface area contributed by atoms with Gasteiger partial charge in [0.05, 0.1) is 22.6 Å². The Balaban J connectivity index is 1.63. The van der Waals surface area contributed by atoms with Crippen molar-refractivity contribution in [3.05, 3.63) is 71.2 Å². The van der Waals surface area contributed by atoms with E-state index in [9.17, 15) is 50.6 Å². The molecule has 0 aliphatic carbocycles. The summed E-state index contributed by atoms with van der Waals surface area (Å²) in [6, 6.07) is 4.08. The van der Waals surface area contributed by atoms with Crippen LogP contribution in [0.4, 0.5) is 31.1 Å². The number of likely N-dealkylation sites (tertiary alicyclic amines) is 1. The molecule has 1 amide bonds. The van der Waals surface area contributed by atoms with Gasteiger partial charge in [0.25, 0.3) is 0 Å². The largest absolute Gasteiger partial charge is 0.463 e. The molecular weight excluding hydrogens is 925 g/mol. The van der Waals surface area contributed by atoms with Crippen LogP contribution in [0.5, 0.6) is 0 Å². The molecule has 340 valence electrons. The summed E-state index contributed by atoms with van der Waals surface area (Å²) in [5, 5.41) is 18.8. The summed E-state index contributed by atoms with van der Waals surface area (Å²) in [5.74, 6) is -7.62. The Labute approximate surface area is 369 Å². The van der Waals surface area contributed by atoms with Gasteiger partial charge in [-0.15, -0.1) is 16.9 Å². The van der Waals surface area contributed by atoms with Crippen molar-refractivity contribution < 1.29 is 74.3 Å². The zero-order chi connectivity index (χ0) is 46.1. The monoisotopic (exact) mass is 962 g/mol. The van der Waals surface area contributed by atoms with Crippen LogP contribution in [0.1, 0.15) is 69.9 Å². The van der Waals surface area contributed by atoms with Crippen LogP contribution in [0.3, 0.4) is 0 Å². The highest BCUT2D eigenvalue weighted by atomic mass is 35.6. The Morgan fingerprint density at radius 2 is 1.53 bits per heavy atom. The number of hydrogen-bond acceptors (Lipinski definition) is 13. The van der Waals surface area contributed by atoms with Gasteiger partial charge in [-0.1, -0.05) is 58.2 Å². The fraction of sp³-hybridized carbons (Fsp3) is 0.526. The van der Waals surface area contributed by atoms with E-state index in [0.29, 0.717) is 23.9 Å². The number of benzene rings is 2. The molecule has 0 spiro atoms. The van der Waals surface area contributed by atoms with Crippen molar-refractivity contribution >= 4 is 70.6 Å². The van der Waals surface area contributed by atoms with Gasteiger partial charge in [-0.2, -0.15) is 13.2 Å². The third-order valence-electron chi connectivity index (χ3n) is 9.99. The van der Waals surface area contributed by atoms with Crippen molar-refractivity contribution in [2.75, 3.05) is 19.7 Å². The van der Waals surface area contributed by atoms with Gasteiger partial charge >= 0.3 is 30.2 Å². The topological polar surface area (TPSA) is 169 Å². The van der Waals surface area contributed by atoms with Gasteiger partial charge in [-0.05, 0) is 50.5 Å². The van der Waals surface area contributed by atoms with Crippen LogP contribution in [-0.2, 0) is 44.2 Å². The molecule has 5 rings (SSSR count). The number of alkyl halides is 6. The van der Waals surface area contributed by atoms with E-state index in [0.717, 1.165) is 49.8 Å². The van der Waals surface area contributed by atoms with E-state index in [-0.39, 0.29) is 37.2 Å². The van der Waals surface area contributed by atoms with Crippen LogP contribution in [0.15, 0.2) is 42.6 Å². The molecular formula is C38H39Cl3F6N4O10S. The third-order valence-corrected chi connectivity index (χ3v) is 13.0. The van der Waals surface area contributed by atoms with Crippen LogP contribution in [-0.4, -0.2) is 107 Å². The Morgan fingerprint density at radius 3 is 2.08 bits per heavy atom. The number of nitrogens with zero attached hydrogens (tertiary/aromatic N) is 4. The van der Waals surface area contributed by atoms with Crippen LogP contribution in [0.2, 0.25) is 0 Å². The van der Waals surface area contributed by atoms with Crippen LogP contribution >= 0.6 is 46.6 Å². The predicted molar refractivity (Wildman–Crippen MR) is 209 cm³/mol. The molecule has 62 heavy (non-hydrogen) atoms. The lowest BCUT2D eigenvalue weighted by molar-refractivity contribution is -0.212. The van der Waals surface area contributed by atoms with Crippen LogP contribution < -0.4 is 0 Å². The van der Waals surface area contributed by atoms with E-state index >= 15 is 0 Å². The Hall–Kier alpha value is -4.02. The van der Waals surface area contributed by atoms with Gasteiger partial charge in [0.1, 0.15) is 29.9 Å². The molecule has 14 nitrogen and oxygen atoms in total. The maximum Gasteiger partial charge on any atom is 0.416 e. The number of carbonyl (C=O) groups excluding carboxylic acids is 4. The molecule has 3 aromatic rings. The van der Waals surface area contributed by atoms with E-state index < -0.39 is 115 Å². The van der Waals surface area contributed by atoms with Gasteiger partial charge in [-0.3, -0.25) is 14.4 Å². The van der Waals surface area contributed by atoms with Crippen LogP contribution in [0, 0.1) is 17.5 Å². The van der Waals surface area contributed by atoms with Gasteiger partial charge in [0, 0.05) is 39.4 Å². The predicted octanol–water partition coefficient (Wildman–Crippen LogP) is 7.66. The number of amides is 1. The van der Waals surface area contributed by atoms with E-state index in [2.05, 4.69) is 10.3 Å². The lowest BCUT2D eigenvalue weighted by Gasteiger charge is -2.48. The zero-order valence-electron chi connectivity index (χ0n) is 33.3. The van der Waals surface area contributed by atoms with Gasteiger partial charge in [-0.25, -0.2) is 22.6 Å². The number of hydrogen-bond donors (Lipinski definition) is 1. The number of aliphatic hydroxyl groups is 1. The number of ether oxygens (including phenoxy) is 5. The fourth-order valence-corrected chi connectivity index (χ4v) is 8.64. The molecule has 0 unspecified atom stereocenters. The molecule has 2 saturated heterocycles. The third kappa shape index (κ3) is 11.2. The molecule has 24 heteroatoms. The Bertz CT molecular complexity index is 2130. The number of carbonyl (C=O) groups is 4. The summed E-state index contributed by atoms with van der Waals surface area (Å²) in [7, 11) is 0. The molecule has 1 aromatic heterocycles. The van der Waals surface area contributed by atoms with Crippen molar-refractivity contribution in [3.8, 4) is 11.3 Å². The van der Waals surface area contributed by atoms with Crippen molar-refractivity contribution in [1.29, 1.82) is 0 Å². The number of aromatic nitrogens is 3. The molecule has 6 atom stereocenters. The maximum atomic E-state index is 14.8. The van der Waals surface area contributed by atoms with Crippen molar-refractivity contribution in [3.63, 3.8) is 0 Å². The maximum absolute atomic E-state index is 14.8. The molecule has 1 N–H and O–H groups in total. The number of halogens is 9. The molecule has 0 bridgehead atoms. The summed E-state index contributed by atoms with van der Waals surface area (Å²) < 4.78 is 114. The molecule has 0 radical (unpaired) electrons. The molecule has 3 heterocycles. The SMILES string of the molecule is CC(=O)OC[C@H]1O[C@@H](S[C@H](c2ccccc2C(F)(F)F)C2(O)CCN(C(=O)OC(C)(C)C(Cl)(Cl)Cl)CC2)[C@H](OC(C)=O)[C@@H](n2cc(-c3cc(F)c(F)c(F)c3)nn2)[C@H]1OC(C)=O. The molecule has 2 fully saturated rings. The van der Waals surface area contributed by atoms with Gasteiger partial charge in [0.15, 0.2) is 35.3 Å². The molecule has 0 saturated carbocycles. The minimum Gasteiger partial charge on any atom is -0.463 e. The highest BCUT2D eigenvalue weighted by Gasteiger charge is 2.55. The first-order chi connectivity index (χ1) is 28.7. The Kier molecular flexibility index (Phi) is 15.0. The number of esters is 3. The summed E-state index contributed by atoms with van der Waals surface area (Å²) in [6.07, 6.45) is -10.3. The van der Waals surface area contributed by atoms with E-state index in [1.807, 2.05) is 0 Å². The first kappa shape index (κ1) is 49.0. The first-order valence-electron chi connectivity index (χ1n) is 18.5. The fourth-order valence-electron chi connectivity index (χ4n) is 6.84. The van der Waals surface area contributed by atoms with E-state index in [1.54, 1.807) is 0 Å². The van der Waals surface area contributed by atoms with E-state index in [4.69, 9.17) is 58.5 Å². The van der Waals surface area contributed by atoms with E-state index in [1.165, 1.54) is 24.8 Å². The lowest BCUT2D eigenvalue weighted by atomic mass is 9.83.